The summed E-state index contributed by atoms with van der Waals surface area (Å²) in [7, 11) is 0. The molecule has 3 rings (SSSR count). The minimum Gasteiger partial charge on any atom is -0.319 e. The van der Waals surface area contributed by atoms with Gasteiger partial charge >= 0.3 is 0 Å². The van der Waals surface area contributed by atoms with Crippen molar-refractivity contribution in [3.63, 3.8) is 0 Å². The number of hydrogen-bond donors (Lipinski definition) is 2. The van der Waals surface area contributed by atoms with Gasteiger partial charge in [-0.15, -0.1) is 0 Å². The summed E-state index contributed by atoms with van der Waals surface area (Å²) < 4.78 is 0. The highest BCUT2D eigenvalue weighted by atomic mass is 16.1. The molecular weight excluding hydrogens is 190 g/mol. The van der Waals surface area contributed by atoms with E-state index in [0.29, 0.717) is 5.82 Å². The summed E-state index contributed by atoms with van der Waals surface area (Å²) in [6.07, 6.45) is 5.92. The van der Waals surface area contributed by atoms with Gasteiger partial charge in [0.25, 0.3) is 5.56 Å². The van der Waals surface area contributed by atoms with Crippen LogP contribution < -0.4 is 11.3 Å². The molecule has 0 aromatic carbocycles. The van der Waals surface area contributed by atoms with Crippen LogP contribution in [0, 0.1) is 0 Å². The molecule has 4 heteroatoms. The molecule has 80 valence electrons. The van der Waals surface area contributed by atoms with Crippen LogP contribution >= 0.6 is 0 Å². The van der Waals surface area contributed by atoms with Crippen molar-refractivity contribution < 1.29 is 0 Å². The van der Waals surface area contributed by atoms with Crippen molar-refractivity contribution in [2.24, 2.45) is 5.73 Å². The third-order valence-electron chi connectivity index (χ3n) is 3.45. The summed E-state index contributed by atoms with van der Waals surface area (Å²) in [5.74, 6) is 0.702. The van der Waals surface area contributed by atoms with Crippen LogP contribution in [-0.2, 0) is 18.4 Å². The van der Waals surface area contributed by atoms with E-state index in [4.69, 9.17) is 5.73 Å². The molecule has 0 radical (unpaired) electrons. The molecule has 0 atom stereocenters. The smallest absolute Gasteiger partial charge is 0.254 e. The zero-order valence-electron chi connectivity index (χ0n) is 8.68. The van der Waals surface area contributed by atoms with Gasteiger partial charge in [0.2, 0.25) is 0 Å². The first-order chi connectivity index (χ1) is 7.19. The number of nitrogens with two attached hydrogens (primary N) is 1. The summed E-state index contributed by atoms with van der Waals surface area (Å²) in [6, 6.07) is 0. The zero-order valence-corrected chi connectivity index (χ0v) is 8.68. The fourth-order valence-electron chi connectivity index (χ4n) is 2.21. The average Bonchev–Trinajstić information content (AvgIpc) is 2.98. The second-order valence-electron chi connectivity index (χ2n) is 4.70. The maximum absolute atomic E-state index is 11.8. The molecule has 0 unspecified atom stereocenters. The normalized spacial score (nSPS) is 22.2. The van der Waals surface area contributed by atoms with Gasteiger partial charge < -0.3 is 10.7 Å². The van der Waals surface area contributed by atoms with Gasteiger partial charge in [0.15, 0.2) is 0 Å². The van der Waals surface area contributed by atoms with Crippen molar-refractivity contribution in [3.8, 4) is 0 Å². The lowest BCUT2D eigenvalue weighted by Gasteiger charge is -2.16. The molecule has 0 amide bonds. The van der Waals surface area contributed by atoms with Gasteiger partial charge in [0, 0.05) is 5.56 Å². The van der Waals surface area contributed by atoms with Crippen molar-refractivity contribution in [3.05, 3.63) is 27.4 Å². The number of H-pyrrole nitrogens is 1. The van der Waals surface area contributed by atoms with E-state index in [9.17, 15) is 4.79 Å². The number of aryl methyl sites for hydroxylation is 1. The first-order valence-electron chi connectivity index (χ1n) is 5.60. The Hall–Kier alpha value is -1.16. The number of aromatic amines is 1. The van der Waals surface area contributed by atoms with Crippen molar-refractivity contribution in [1.29, 1.82) is 0 Å². The van der Waals surface area contributed by atoms with Crippen LogP contribution in [0.4, 0.5) is 0 Å². The zero-order chi connectivity index (χ0) is 10.5. The minimum absolute atomic E-state index is 0.0337. The molecular formula is C11H15N3O. The lowest BCUT2D eigenvalue weighted by Crippen LogP contribution is -2.30. The maximum Gasteiger partial charge on any atom is 0.254 e. The molecule has 1 aromatic rings. The van der Waals surface area contributed by atoms with Crippen molar-refractivity contribution >= 4 is 0 Å². The van der Waals surface area contributed by atoms with Crippen LogP contribution in [0.3, 0.4) is 0 Å². The van der Waals surface area contributed by atoms with E-state index < -0.39 is 0 Å². The lowest BCUT2D eigenvalue weighted by atomic mass is 9.97. The van der Waals surface area contributed by atoms with Crippen LogP contribution in [0.2, 0.25) is 0 Å². The van der Waals surface area contributed by atoms with Gasteiger partial charge in [-0.25, -0.2) is 4.98 Å². The van der Waals surface area contributed by atoms with E-state index in [2.05, 4.69) is 9.97 Å². The second-order valence-corrected chi connectivity index (χ2v) is 4.70. The Morgan fingerprint density at radius 1 is 1.27 bits per heavy atom. The fraction of sp³-hybridized carbons (Fsp3) is 0.636. The molecule has 2 aliphatic carbocycles. The number of nitrogens with zero attached hydrogens (tertiary/aromatic N) is 1. The Balaban J connectivity index is 2.13. The highest BCUT2D eigenvalue weighted by Gasteiger charge is 2.43. The molecule has 15 heavy (non-hydrogen) atoms. The van der Waals surface area contributed by atoms with Crippen LogP contribution in [0.15, 0.2) is 4.79 Å². The fourth-order valence-corrected chi connectivity index (χ4v) is 2.21. The predicted octanol–water partition coefficient (Wildman–Crippen LogP) is 0.596. The van der Waals surface area contributed by atoms with Crippen LogP contribution in [0.5, 0.6) is 0 Å². The molecule has 4 nitrogen and oxygen atoms in total. The molecule has 3 N–H and O–H groups in total. The highest BCUT2D eigenvalue weighted by molar-refractivity contribution is 5.24. The Morgan fingerprint density at radius 2 is 2.00 bits per heavy atom. The molecule has 1 fully saturated rings. The van der Waals surface area contributed by atoms with Crippen LogP contribution in [-0.4, -0.2) is 9.97 Å². The number of nitrogens with one attached hydrogen (secondary N) is 1. The Labute approximate surface area is 87.9 Å². The number of fused-ring (bicyclic) bond motifs is 1. The molecule has 1 heterocycles. The third-order valence-corrected chi connectivity index (χ3v) is 3.45. The average molecular weight is 205 g/mol. The third kappa shape index (κ3) is 1.40. The SMILES string of the molecule is NC1(c2nc3c(c(=O)[nH]2)CCCC3)CC1. The molecule has 0 bridgehead atoms. The minimum atomic E-state index is -0.328. The molecule has 0 aliphatic heterocycles. The summed E-state index contributed by atoms with van der Waals surface area (Å²) in [5.41, 5.74) is 7.61. The van der Waals surface area contributed by atoms with Crippen molar-refractivity contribution in [2.45, 2.75) is 44.1 Å². The predicted molar refractivity (Wildman–Crippen MR) is 56.6 cm³/mol. The van der Waals surface area contributed by atoms with Gasteiger partial charge in [-0.05, 0) is 38.5 Å². The van der Waals surface area contributed by atoms with Crippen LogP contribution in [0.25, 0.3) is 0 Å². The van der Waals surface area contributed by atoms with E-state index in [0.717, 1.165) is 49.8 Å². The van der Waals surface area contributed by atoms with Crippen LogP contribution in [0.1, 0.15) is 42.8 Å². The van der Waals surface area contributed by atoms with E-state index >= 15 is 0 Å². The number of rotatable bonds is 1. The number of aromatic nitrogens is 2. The molecule has 1 saturated carbocycles. The van der Waals surface area contributed by atoms with Gasteiger partial charge in [0.05, 0.1) is 11.2 Å². The first-order valence-corrected chi connectivity index (χ1v) is 5.60. The Kier molecular flexibility index (Phi) is 1.77. The van der Waals surface area contributed by atoms with Crippen molar-refractivity contribution in [2.75, 3.05) is 0 Å². The number of hydrogen-bond acceptors (Lipinski definition) is 3. The molecule has 0 spiro atoms. The largest absolute Gasteiger partial charge is 0.319 e. The monoisotopic (exact) mass is 205 g/mol. The Bertz CT molecular complexity index is 459. The van der Waals surface area contributed by atoms with Gasteiger partial charge in [0.1, 0.15) is 5.82 Å². The molecule has 0 saturated heterocycles. The van der Waals surface area contributed by atoms with Gasteiger partial charge in [-0.2, -0.15) is 0 Å². The van der Waals surface area contributed by atoms with E-state index in [1.165, 1.54) is 0 Å². The first kappa shape index (κ1) is 9.09. The second kappa shape index (κ2) is 2.92. The standard InChI is InChI=1S/C11H15N3O/c12-11(5-6-11)10-13-8-4-2-1-3-7(8)9(15)14-10/h1-6,12H2,(H,13,14,15). The van der Waals surface area contributed by atoms with E-state index in [1.54, 1.807) is 0 Å². The topological polar surface area (TPSA) is 71.8 Å². The molecule has 2 aliphatic rings. The summed E-state index contributed by atoms with van der Waals surface area (Å²) in [5, 5.41) is 0. The summed E-state index contributed by atoms with van der Waals surface area (Å²) >= 11 is 0. The van der Waals surface area contributed by atoms with E-state index in [-0.39, 0.29) is 11.1 Å². The summed E-state index contributed by atoms with van der Waals surface area (Å²) in [4.78, 5) is 19.2. The maximum atomic E-state index is 11.8. The summed E-state index contributed by atoms with van der Waals surface area (Å²) in [6.45, 7) is 0. The molecule has 1 aromatic heterocycles. The quantitative estimate of drug-likeness (QED) is 0.705. The Morgan fingerprint density at radius 3 is 2.73 bits per heavy atom. The van der Waals surface area contributed by atoms with Crippen molar-refractivity contribution in [1.82, 2.24) is 9.97 Å². The highest BCUT2D eigenvalue weighted by Crippen LogP contribution is 2.40. The van der Waals surface area contributed by atoms with E-state index in [1.807, 2.05) is 0 Å². The van der Waals surface area contributed by atoms with Gasteiger partial charge in [-0.1, -0.05) is 0 Å². The lowest BCUT2D eigenvalue weighted by molar-refractivity contribution is 0.610. The van der Waals surface area contributed by atoms with Gasteiger partial charge in [-0.3, -0.25) is 4.79 Å².